The highest BCUT2D eigenvalue weighted by atomic mass is 35.5. The summed E-state index contributed by atoms with van der Waals surface area (Å²) in [5, 5.41) is 0.692. The second-order valence-corrected chi connectivity index (χ2v) is 5.24. The third-order valence-corrected chi connectivity index (χ3v) is 2.34. The summed E-state index contributed by atoms with van der Waals surface area (Å²) >= 11 is 7.18. The van der Waals surface area contributed by atoms with Gasteiger partial charge in [-0.15, -0.1) is 0 Å². The largest absolute Gasteiger partial charge is 0.455 e. The van der Waals surface area contributed by atoms with Gasteiger partial charge in [-0.3, -0.25) is 0 Å². The van der Waals surface area contributed by atoms with E-state index in [0.29, 0.717) is 5.16 Å². The lowest BCUT2D eigenvalue weighted by Crippen LogP contribution is -2.24. The van der Waals surface area contributed by atoms with Crippen LogP contribution in [0.3, 0.4) is 0 Å². The van der Waals surface area contributed by atoms with E-state index in [1.807, 2.05) is 6.26 Å². The fraction of sp³-hybridized carbons (Fsp3) is 0.500. The first-order chi connectivity index (χ1) is 7.33. The van der Waals surface area contributed by atoms with Crippen molar-refractivity contribution in [3.05, 3.63) is 16.9 Å². The van der Waals surface area contributed by atoms with Crippen LogP contribution >= 0.6 is 23.4 Å². The molecule has 0 aliphatic heterocycles. The second kappa shape index (κ2) is 5.01. The topological polar surface area (TPSA) is 52.1 Å². The number of esters is 1. The third-order valence-electron chi connectivity index (χ3n) is 1.50. The van der Waals surface area contributed by atoms with Gasteiger partial charge in [0.15, 0.2) is 10.9 Å². The molecular weight excluding hydrogens is 248 g/mol. The fourth-order valence-electron chi connectivity index (χ4n) is 0.919. The molecule has 0 radical (unpaired) electrons. The normalized spacial score (nSPS) is 11.3. The number of ether oxygens (including phenoxy) is 1. The molecule has 0 aliphatic rings. The van der Waals surface area contributed by atoms with E-state index in [0.717, 1.165) is 0 Å². The Morgan fingerprint density at radius 3 is 2.62 bits per heavy atom. The number of carbonyl (C=O) groups is 1. The molecule has 0 spiro atoms. The van der Waals surface area contributed by atoms with E-state index in [-0.39, 0.29) is 10.7 Å². The van der Waals surface area contributed by atoms with Crippen LogP contribution < -0.4 is 0 Å². The zero-order valence-corrected chi connectivity index (χ0v) is 11.1. The SMILES string of the molecule is CSc1ncc(Cl)c(C(=O)OC(C)(C)C)n1. The Morgan fingerprint density at radius 1 is 1.50 bits per heavy atom. The molecule has 0 unspecified atom stereocenters. The second-order valence-electron chi connectivity index (χ2n) is 4.06. The van der Waals surface area contributed by atoms with Crippen molar-refractivity contribution in [2.24, 2.45) is 0 Å². The van der Waals surface area contributed by atoms with Crippen LogP contribution in [0, 0.1) is 0 Å². The smallest absolute Gasteiger partial charge is 0.359 e. The lowest BCUT2D eigenvalue weighted by molar-refractivity contribution is 0.00619. The van der Waals surface area contributed by atoms with Crippen LogP contribution in [0.15, 0.2) is 11.4 Å². The molecule has 0 atom stereocenters. The van der Waals surface area contributed by atoms with Gasteiger partial charge in [0.25, 0.3) is 0 Å². The quantitative estimate of drug-likeness (QED) is 0.465. The Morgan fingerprint density at radius 2 is 2.12 bits per heavy atom. The lowest BCUT2D eigenvalue weighted by atomic mass is 10.2. The van der Waals surface area contributed by atoms with Crippen LogP contribution in [0.25, 0.3) is 0 Å². The highest BCUT2D eigenvalue weighted by Crippen LogP contribution is 2.19. The number of carbonyl (C=O) groups excluding carboxylic acids is 1. The number of halogens is 1. The Bertz CT molecular complexity index is 404. The van der Waals surface area contributed by atoms with E-state index in [1.54, 1.807) is 20.8 Å². The van der Waals surface area contributed by atoms with Crippen molar-refractivity contribution >= 4 is 29.3 Å². The van der Waals surface area contributed by atoms with Crippen LogP contribution in [0.5, 0.6) is 0 Å². The number of rotatable bonds is 2. The van der Waals surface area contributed by atoms with E-state index in [1.165, 1.54) is 18.0 Å². The summed E-state index contributed by atoms with van der Waals surface area (Å²) in [6.07, 6.45) is 3.22. The monoisotopic (exact) mass is 260 g/mol. The minimum Gasteiger partial charge on any atom is -0.455 e. The van der Waals surface area contributed by atoms with Crippen LogP contribution in [-0.2, 0) is 4.74 Å². The van der Waals surface area contributed by atoms with Gasteiger partial charge in [-0.1, -0.05) is 23.4 Å². The number of thioether (sulfide) groups is 1. The summed E-state index contributed by atoms with van der Waals surface area (Å²) in [6, 6.07) is 0. The Labute approximate surface area is 104 Å². The molecule has 1 aromatic rings. The van der Waals surface area contributed by atoms with Crippen molar-refractivity contribution in [2.75, 3.05) is 6.26 Å². The van der Waals surface area contributed by atoms with Crippen molar-refractivity contribution in [2.45, 2.75) is 31.5 Å². The van der Waals surface area contributed by atoms with Gasteiger partial charge in [-0.2, -0.15) is 0 Å². The zero-order chi connectivity index (χ0) is 12.3. The third kappa shape index (κ3) is 3.64. The Kier molecular flexibility index (Phi) is 4.15. The molecular formula is C10H13ClN2O2S. The van der Waals surface area contributed by atoms with Gasteiger partial charge in [0.2, 0.25) is 0 Å². The molecule has 0 aromatic carbocycles. The summed E-state index contributed by atoms with van der Waals surface area (Å²) in [5.74, 6) is -0.532. The lowest BCUT2D eigenvalue weighted by Gasteiger charge is -2.19. The van der Waals surface area contributed by atoms with E-state index in [4.69, 9.17) is 16.3 Å². The average Bonchev–Trinajstić information content (AvgIpc) is 2.15. The molecule has 1 rings (SSSR count). The number of aromatic nitrogens is 2. The van der Waals surface area contributed by atoms with E-state index >= 15 is 0 Å². The zero-order valence-electron chi connectivity index (χ0n) is 9.57. The summed E-state index contributed by atoms with van der Waals surface area (Å²) in [6.45, 7) is 5.36. The molecule has 4 nitrogen and oxygen atoms in total. The Balaban J connectivity index is 2.98. The van der Waals surface area contributed by atoms with Gasteiger partial charge in [0.05, 0.1) is 11.2 Å². The molecule has 0 amide bonds. The molecule has 1 heterocycles. The molecule has 0 saturated carbocycles. The molecule has 0 fully saturated rings. The van der Waals surface area contributed by atoms with Crippen molar-refractivity contribution in [3.63, 3.8) is 0 Å². The van der Waals surface area contributed by atoms with Gasteiger partial charge in [0, 0.05) is 0 Å². The Hall–Kier alpha value is -0.810. The number of hydrogen-bond acceptors (Lipinski definition) is 5. The minimum absolute atomic E-state index is 0.107. The van der Waals surface area contributed by atoms with E-state index in [9.17, 15) is 4.79 Å². The van der Waals surface area contributed by atoms with Gasteiger partial charge in [-0.05, 0) is 27.0 Å². The van der Waals surface area contributed by atoms with Crippen LogP contribution in [-0.4, -0.2) is 27.8 Å². The molecule has 0 N–H and O–H groups in total. The first-order valence-corrected chi connectivity index (χ1v) is 6.23. The van der Waals surface area contributed by atoms with Crippen molar-refractivity contribution in [1.29, 1.82) is 0 Å². The maximum Gasteiger partial charge on any atom is 0.359 e. The van der Waals surface area contributed by atoms with Gasteiger partial charge in [0.1, 0.15) is 5.60 Å². The first kappa shape index (κ1) is 13.3. The first-order valence-electron chi connectivity index (χ1n) is 4.63. The molecule has 1 aromatic heterocycles. The fourth-order valence-corrected chi connectivity index (χ4v) is 1.43. The summed E-state index contributed by atoms with van der Waals surface area (Å²) in [5.41, 5.74) is -0.457. The minimum atomic E-state index is -0.565. The van der Waals surface area contributed by atoms with Crippen molar-refractivity contribution in [3.8, 4) is 0 Å². The summed E-state index contributed by atoms with van der Waals surface area (Å²) in [4.78, 5) is 19.7. The van der Waals surface area contributed by atoms with Gasteiger partial charge >= 0.3 is 5.97 Å². The predicted octanol–water partition coefficient (Wildman–Crippen LogP) is 2.81. The molecule has 6 heteroatoms. The highest BCUT2D eigenvalue weighted by Gasteiger charge is 2.21. The molecule has 88 valence electrons. The van der Waals surface area contributed by atoms with Crippen molar-refractivity contribution in [1.82, 2.24) is 9.97 Å². The highest BCUT2D eigenvalue weighted by molar-refractivity contribution is 7.98. The number of hydrogen-bond donors (Lipinski definition) is 0. The maximum absolute atomic E-state index is 11.7. The van der Waals surface area contributed by atoms with Crippen LogP contribution in [0.4, 0.5) is 0 Å². The van der Waals surface area contributed by atoms with E-state index < -0.39 is 11.6 Å². The average molecular weight is 261 g/mol. The molecule has 16 heavy (non-hydrogen) atoms. The predicted molar refractivity (Wildman–Crippen MR) is 64.0 cm³/mol. The van der Waals surface area contributed by atoms with Crippen LogP contribution in [0.2, 0.25) is 5.02 Å². The summed E-state index contributed by atoms with van der Waals surface area (Å²) in [7, 11) is 0. The van der Waals surface area contributed by atoms with Crippen LogP contribution in [0.1, 0.15) is 31.3 Å². The standard InChI is InChI=1S/C10H13ClN2O2S/c1-10(2,3)15-8(14)7-6(11)5-12-9(13-7)16-4/h5H,1-4H3. The van der Waals surface area contributed by atoms with Gasteiger partial charge in [-0.25, -0.2) is 14.8 Å². The van der Waals surface area contributed by atoms with Crippen molar-refractivity contribution < 1.29 is 9.53 Å². The maximum atomic E-state index is 11.7. The molecule has 0 saturated heterocycles. The van der Waals surface area contributed by atoms with Gasteiger partial charge < -0.3 is 4.74 Å². The number of nitrogens with zero attached hydrogens (tertiary/aromatic N) is 2. The molecule has 0 aliphatic carbocycles. The molecule has 0 bridgehead atoms. The van der Waals surface area contributed by atoms with E-state index in [2.05, 4.69) is 9.97 Å². The summed E-state index contributed by atoms with van der Waals surface area (Å²) < 4.78 is 5.18.